The number of rotatable bonds is 5. The first-order valence-electron chi connectivity index (χ1n) is 5.96. The van der Waals surface area contributed by atoms with Gasteiger partial charge in [-0.2, -0.15) is 0 Å². The normalized spacial score (nSPS) is 12.4. The summed E-state index contributed by atoms with van der Waals surface area (Å²) in [5, 5.41) is 0. The van der Waals surface area contributed by atoms with Gasteiger partial charge in [-0.15, -0.1) is 11.8 Å². The highest BCUT2D eigenvalue weighted by Gasteiger charge is 2.13. The second kappa shape index (κ2) is 7.05. The molecule has 0 fully saturated rings. The van der Waals surface area contributed by atoms with Crippen LogP contribution in [0.2, 0.25) is 0 Å². The number of pyridine rings is 1. The van der Waals surface area contributed by atoms with Crippen LogP contribution in [-0.2, 0) is 0 Å². The molecule has 1 unspecified atom stereocenters. The Balaban J connectivity index is 2.09. The fraction of sp³-hybridized carbons (Fsp3) is 0.214. The van der Waals surface area contributed by atoms with Crippen molar-refractivity contribution in [2.24, 2.45) is 5.84 Å². The Morgan fingerprint density at radius 1 is 1.37 bits per heavy atom. The van der Waals surface area contributed by atoms with Crippen LogP contribution in [0.4, 0.5) is 0 Å². The van der Waals surface area contributed by atoms with E-state index in [4.69, 9.17) is 5.84 Å². The molecule has 1 atom stereocenters. The average Bonchev–Trinajstić information content (AvgIpc) is 2.43. The van der Waals surface area contributed by atoms with E-state index in [0.717, 1.165) is 15.8 Å². The van der Waals surface area contributed by atoms with Crippen molar-refractivity contribution in [2.75, 3.05) is 5.75 Å². The van der Waals surface area contributed by atoms with Gasteiger partial charge in [0.05, 0.1) is 6.04 Å². The van der Waals surface area contributed by atoms with Crippen LogP contribution >= 0.6 is 27.7 Å². The summed E-state index contributed by atoms with van der Waals surface area (Å²) in [6, 6.07) is 10.3. The Morgan fingerprint density at radius 2 is 2.16 bits per heavy atom. The summed E-state index contributed by atoms with van der Waals surface area (Å²) in [6.07, 6.45) is 3.67. The zero-order valence-electron chi connectivity index (χ0n) is 10.6. The minimum absolute atomic E-state index is 0.0887. The lowest BCUT2D eigenvalue weighted by molar-refractivity contribution is 0.605. The molecule has 1 aromatic heterocycles. The number of halogens is 1. The molecule has 0 amide bonds. The molecule has 0 aliphatic rings. The second-order valence-electron chi connectivity index (χ2n) is 4.19. The molecule has 2 rings (SSSR count). The Morgan fingerprint density at radius 3 is 2.84 bits per heavy atom. The third-order valence-corrected chi connectivity index (χ3v) is 5.02. The van der Waals surface area contributed by atoms with Crippen molar-refractivity contribution in [1.82, 2.24) is 10.4 Å². The standard InChI is InChI=1S/C14H16BrN3S/c1-10-6-7-17-8-11(10)13(18-16)9-19-14-5-3-2-4-12(14)15/h2-8,13,18H,9,16H2,1H3. The molecular formula is C14H16BrN3S. The molecule has 2 aromatic rings. The van der Waals surface area contributed by atoms with Crippen LogP contribution in [0.3, 0.4) is 0 Å². The molecule has 1 aromatic carbocycles. The van der Waals surface area contributed by atoms with Crippen LogP contribution < -0.4 is 11.3 Å². The van der Waals surface area contributed by atoms with Crippen molar-refractivity contribution in [3.05, 3.63) is 58.3 Å². The van der Waals surface area contributed by atoms with Gasteiger partial charge in [0.25, 0.3) is 0 Å². The monoisotopic (exact) mass is 337 g/mol. The molecule has 0 saturated carbocycles. The zero-order valence-corrected chi connectivity index (χ0v) is 13.0. The highest BCUT2D eigenvalue weighted by molar-refractivity contribution is 9.10. The second-order valence-corrected chi connectivity index (χ2v) is 6.11. The lowest BCUT2D eigenvalue weighted by Crippen LogP contribution is -2.30. The third kappa shape index (κ3) is 3.79. The van der Waals surface area contributed by atoms with Crippen molar-refractivity contribution < 1.29 is 0 Å². The number of hydrogen-bond donors (Lipinski definition) is 2. The van der Waals surface area contributed by atoms with Crippen LogP contribution in [0.25, 0.3) is 0 Å². The molecule has 100 valence electrons. The quantitative estimate of drug-likeness (QED) is 0.498. The number of thioether (sulfide) groups is 1. The number of nitrogens with two attached hydrogens (primary N) is 1. The first kappa shape index (κ1) is 14.5. The van der Waals surface area contributed by atoms with Crippen molar-refractivity contribution >= 4 is 27.7 Å². The molecule has 19 heavy (non-hydrogen) atoms. The predicted molar refractivity (Wildman–Crippen MR) is 83.9 cm³/mol. The summed E-state index contributed by atoms with van der Waals surface area (Å²) < 4.78 is 1.11. The first-order chi connectivity index (χ1) is 9.22. The average molecular weight is 338 g/mol. The van der Waals surface area contributed by atoms with E-state index in [-0.39, 0.29) is 6.04 Å². The summed E-state index contributed by atoms with van der Waals surface area (Å²) in [5.74, 6) is 6.53. The van der Waals surface area contributed by atoms with Gasteiger partial charge in [-0.05, 0) is 52.2 Å². The lowest BCUT2D eigenvalue weighted by Gasteiger charge is -2.17. The summed E-state index contributed by atoms with van der Waals surface area (Å²) in [4.78, 5) is 5.39. The minimum atomic E-state index is 0.0887. The Kier molecular flexibility index (Phi) is 5.39. The predicted octanol–water partition coefficient (Wildman–Crippen LogP) is 3.45. The summed E-state index contributed by atoms with van der Waals surface area (Å²) in [5.41, 5.74) is 5.22. The fourth-order valence-corrected chi connectivity index (χ4v) is 3.43. The van der Waals surface area contributed by atoms with Gasteiger partial charge in [-0.3, -0.25) is 16.3 Å². The van der Waals surface area contributed by atoms with Gasteiger partial charge in [0.15, 0.2) is 0 Å². The molecule has 3 nitrogen and oxygen atoms in total. The Labute approximate surface area is 126 Å². The molecule has 0 spiro atoms. The van der Waals surface area contributed by atoms with E-state index in [0.29, 0.717) is 0 Å². The van der Waals surface area contributed by atoms with E-state index in [1.54, 1.807) is 18.0 Å². The van der Waals surface area contributed by atoms with Gasteiger partial charge < -0.3 is 0 Å². The van der Waals surface area contributed by atoms with Crippen molar-refractivity contribution in [2.45, 2.75) is 17.9 Å². The minimum Gasteiger partial charge on any atom is -0.271 e. The van der Waals surface area contributed by atoms with Gasteiger partial charge in [0.1, 0.15) is 0 Å². The zero-order chi connectivity index (χ0) is 13.7. The van der Waals surface area contributed by atoms with Gasteiger partial charge in [0.2, 0.25) is 0 Å². The molecule has 5 heteroatoms. The summed E-state index contributed by atoms with van der Waals surface area (Å²) in [7, 11) is 0. The highest BCUT2D eigenvalue weighted by Crippen LogP contribution is 2.30. The SMILES string of the molecule is Cc1ccncc1C(CSc1ccccc1Br)NN. The van der Waals surface area contributed by atoms with Gasteiger partial charge >= 0.3 is 0 Å². The number of hydrogen-bond acceptors (Lipinski definition) is 4. The van der Waals surface area contributed by atoms with E-state index >= 15 is 0 Å². The number of nitrogens with zero attached hydrogens (tertiary/aromatic N) is 1. The first-order valence-corrected chi connectivity index (χ1v) is 7.74. The maximum absolute atomic E-state index is 5.67. The summed E-state index contributed by atoms with van der Waals surface area (Å²) in [6.45, 7) is 2.07. The number of nitrogens with one attached hydrogen (secondary N) is 1. The molecule has 0 aliphatic carbocycles. The van der Waals surface area contributed by atoms with Gasteiger partial charge in [-0.25, -0.2) is 0 Å². The molecule has 0 aliphatic heterocycles. The van der Waals surface area contributed by atoms with E-state index in [9.17, 15) is 0 Å². The van der Waals surface area contributed by atoms with Gasteiger partial charge in [-0.1, -0.05) is 12.1 Å². The molecule has 1 heterocycles. The molecule has 0 bridgehead atoms. The number of aryl methyl sites for hydroxylation is 1. The van der Waals surface area contributed by atoms with E-state index in [2.05, 4.69) is 39.3 Å². The molecule has 0 saturated heterocycles. The topological polar surface area (TPSA) is 50.9 Å². The maximum Gasteiger partial charge on any atom is 0.0571 e. The smallest absolute Gasteiger partial charge is 0.0571 e. The van der Waals surface area contributed by atoms with Crippen molar-refractivity contribution in [1.29, 1.82) is 0 Å². The highest BCUT2D eigenvalue weighted by atomic mass is 79.9. The number of hydrazine groups is 1. The van der Waals surface area contributed by atoms with Crippen molar-refractivity contribution in [3.63, 3.8) is 0 Å². The van der Waals surface area contributed by atoms with Crippen LogP contribution in [0.5, 0.6) is 0 Å². The van der Waals surface area contributed by atoms with E-state index in [1.807, 2.05) is 30.5 Å². The van der Waals surface area contributed by atoms with Crippen LogP contribution in [0.1, 0.15) is 17.2 Å². The van der Waals surface area contributed by atoms with Crippen LogP contribution in [0.15, 0.2) is 52.1 Å². The van der Waals surface area contributed by atoms with E-state index in [1.165, 1.54) is 10.5 Å². The number of aromatic nitrogens is 1. The van der Waals surface area contributed by atoms with Crippen molar-refractivity contribution in [3.8, 4) is 0 Å². The molecular weight excluding hydrogens is 322 g/mol. The third-order valence-electron chi connectivity index (χ3n) is 2.90. The fourth-order valence-electron chi connectivity index (χ4n) is 1.80. The van der Waals surface area contributed by atoms with E-state index < -0.39 is 0 Å². The van der Waals surface area contributed by atoms with Gasteiger partial charge in [0, 0.05) is 27.5 Å². The van der Waals surface area contributed by atoms with Crippen LogP contribution in [-0.4, -0.2) is 10.7 Å². The Hall–Kier alpha value is -0.880. The molecule has 0 radical (unpaired) electrons. The summed E-state index contributed by atoms with van der Waals surface area (Å²) >= 11 is 5.32. The maximum atomic E-state index is 5.67. The lowest BCUT2D eigenvalue weighted by atomic mass is 10.1. The van der Waals surface area contributed by atoms with Crippen LogP contribution in [0, 0.1) is 6.92 Å². The number of benzene rings is 1. The molecule has 3 N–H and O–H groups in total. The largest absolute Gasteiger partial charge is 0.271 e. The Bertz CT molecular complexity index is 548.